The molecule has 0 saturated carbocycles. The SMILES string of the molecule is CC(=O)O[C@@H](c1nnnn1[C@@H](C)C(=O)Oc1ccccc1)[C@H](Cc1ccccc1)NC(=O)[C@H](CC(N)=O)NC(=O)c1ccc2ccccc2n1. The van der Waals surface area contributed by atoms with E-state index in [1.165, 1.54) is 19.9 Å². The molecule has 0 aliphatic rings. The summed E-state index contributed by atoms with van der Waals surface area (Å²) < 4.78 is 12.3. The van der Waals surface area contributed by atoms with Crippen LogP contribution >= 0.6 is 0 Å². The second kappa shape index (κ2) is 16.1. The van der Waals surface area contributed by atoms with E-state index in [2.05, 4.69) is 31.1 Å². The van der Waals surface area contributed by atoms with Gasteiger partial charge in [-0.1, -0.05) is 72.8 Å². The number of hydrogen-bond donors (Lipinski definition) is 3. The van der Waals surface area contributed by atoms with Crippen molar-refractivity contribution in [3.05, 3.63) is 114 Å². The van der Waals surface area contributed by atoms with Gasteiger partial charge in [-0.3, -0.25) is 19.2 Å². The summed E-state index contributed by atoms with van der Waals surface area (Å²) in [5, 5.41) is 17.9. The molecule has 0 bridgehead atoms. The van der Waals surface area contributed by atoms with Crippen LogP contribution in [0.25, 0.3) is 10.9 Å². The first kappa shape index (κ1) is 34.8. The van der Waals surface area contributed by atoms with Crippen molar-refractivity contribution in [1.29, 1.82) is 0 Å². The zero-order valence-corrected chi connectivity index (χ0v) is 27.1. The molecule has 0 unspecified atom stereocenters. The second-order valence-corrected chi connectivity index (χ2v) is 11.3. The van der Waals surface area contributed by atoms with Gasteiger partial charge in [-0.25, -0.2) is 14.5 Å². The van der Waals surface area contributed by atoms with Gasteiger partial charge >= 0.3 is 11.9 Å². The molecule has 2 heterocycles. The van der Waals surface area contributed by atoms with Crippen LogP contribution in [0, 0.1) is 0 Å². The molecule has 15 nitrogen and oxygen atoms in total. The predicted octanol–water partition coefficient (Wildman–Crippen LogP) is 2.39. The van der Waals surface area contributed by atoms with Gasteiger partial charge in [-0.2, -0.15) is 0 Å². The number of ether oxygens (including phenoxy) is 2. The maximum atomic E-state index is 13.9. The van der Waals surface area contributed by atoms with Crippen molar-refractivity contribution in [2.75, 3.05) is 0 Å². The Balaban J connectivity index is 1.45. The van der Waals surface area contributed by atoms with Crippen LogP contribution in [-0.2, 0) is 30.3 Å². The van der Waals surface area contributed by atoms with Crippen molar-refractivity contribution in [2.45, 2.75) is 50.9 Å². The van der Waals surface area contributed by atoms with Gasteiger partial charge in [0, 0.05) is 12.3 Å². The minimum Gasteiger partial charge on any atom is -0.452 e. The van der Waals surface area contributed by atoms with Gasteiger partial charge in [0.25, 0.3) is 5.91 Å². The molecule has 3 aromatic carbocycles. The van der Waals surface area contributed by atoms with Gasteiger partial charge in [0.05, 0.1) is 18.0 Å². The lowest BCUT2D eigenvalue weighted by Crippen LogP contribution is -2.53. The predicted molar refractivity (Wildman–Crippen MR) is 178 cm³/mol. The Labute approximate surface area is 286 Å². The summed E-state index contributed by atoms with van der Waals surface area (Å²) in [5.41, 5.74) is 6.78. The highest BCUT2D eigenvalue weighted by Crippen LogP contribution is 2.26. The van der Waals surface area contributed by atoms with Crippen molar-refractivity contribution in [3.63, 3.8) is 0 Å². The van der Waals surface area contributed by atoms with E-state index in [0.717, 1.165) is 15.6 Å². The van der Waals surface area contributed by atoms with Crippen LogP contribution in [-0.4, -0.2) is 66.9 Å². The Morgan fingerprint density at radius 3 is 2.24 bits per heavy atom. The number of esters is 2. The number of hydrogen-bond acceptors (Lipinski definition) is 11. The Morgan fingerprint density at radius 1 is 0.860 bits per heavy atom. The number of benzene rings is 3. The fraction of sp³-hybridized carbons (Fsp3) is 0.229. The standard InChI is InChI=1S/C35H34N8O7/c1-21(35(48)50-25-14-7-4-8-15-25)43-32(40-41-42-43)31(49-22(2)44)28(19-23-11-5-3-6-12-23)38-34(47)29(20-30(36)45)39-33(46)27-18-17-24-13-9-10-16-26(24)37-27/h3-18,21,28-29,31H,19-20H2,1-2H3,(H2,36,45)(H,38,47)(H,39,46)/t21-,28-,29-,31+/m0/s1. The molecule has 0 radical (unpaired) electrons. The number of para-hydroxylation sites is 2. The molecular formula is C35H34N8O7. The Bertz CT molecular complexity index is 1990. The molecule has 15 heteroatoms. The molecule has 0 fully saturated rings. The molecule has 256 valence electrons. The van der Waals surface area contributed by atoms with Crippen LogP contribution in [0.1, 0.15) is 54.3 Å². The Morgan fingerprint density at radius 2 is 1.54 bits per heavy atom. The minimum atomic E-state index is -1.44. The van der Waals surface area contributed by atoms with Gasteiger partial charge in [0.15, 0.2) is 18.0 Å². The summed E-state index contributed by atoms with van der Waals surface area (Å²) in [5.74, 6) is -3.61. The molecule has 0 spiro atoms. The van der Waals surface area contributed by atoms with E-state index in [1.54, 1.807) is 78.9 Å². The van der Waals surface area contributed by atoms with Crippen molar-refractivity contribution in [3.8, 4) is 5.75 Å². The van der Waals surface area contributed by atoms with Crippen molar-refractivity contribution in [1.82, 2.24) is 35.8 Å². The fourth-order valence-corrected chi connectivity index (χ4v) is 5.17. The van der Waals surface area contributed by atoms with Gasteiger partial charge < -0.3 is 25.8 Å². The topological polar surface area (TPSA) is 210 Å². The van der Waals surface area contributed by atoms with E-state index in [1.807, 2.05) is 12.1 Å². The van der Waals surface area contributed by atoms with E-state index in [0.29, 0.717) is 11.3 Å². The monoisotopic (exact) mass is 678 g/mol. The second-order valence-electron chi connectivity index (χ2n) is 11.3. The smallest absolute Gasteiger partial charge is 0.336 e. The van der Waals surface area contributed by atoms with E-state index in [9.17, 15) is 24.0 Å². The lowest BCUT2D eigenvalue weighted by Gasteiger charge is -2.29. The van der Waals surface area contributed by atoms with Crippen molar-refractivity contribution >= 4 is 40.6 Å². The largest absolute Gasteiger partial charge is 0.452 e. The number of amides is 3. The zero-order chi connectivity index (χ0) is 35.6. The van der Waals surface area contributed by atoms with Gasteiger partial charge in [-0.05, 0) is 53.6 Å². The highest BCUT2D eigenvalue weighted by Gasteiger charge is 2.37. The Kier molecular flexibility index (Phi) is 11.2. The number of carbonyl (C=O) groups is 5. The quantitative estimate of drug-likeness (QED) is 0.115. The van der Waals surface area contributed by atoms with E-state index >= 15 is 0 Å². The minimum absolute atomic E-state index is 0.0140. The first-order valence-corrected chi connectivity index (χ1v) is 15.6. The molecular weight excluding hydrogens is 644 g/mol. The number of aromatic nitrogens is 5. The summed E-state index contributed by atoms with van der Waals surface area (Å²) >= 11 is 0. The number of fused-ring (bicyclic) bond motifs is 1. The van der Waals surface area contributed by atoms with Crippen molar-refractivity contribution in [2.24, 2.45) is 5.73 Å². The number of nitrogens with one attached hydrogen (secondary N) is 2. The maximum absolute atomic E-state index is 13.9. The molecule has 4 N–H and O–H groups in total. The lowest BCUT2D eigenvalue weighted by molar-refractivity contribution is -0.150. The van der Waals surface area contributed by atoms with Crippen LogP contribution in [0.4, 0.5) is 0 Å². The summed E-state index contributed by atoms with van der Waals surface area (Å²) in [4.78, 5) is 69.3. The summed E-state index contributed by atoms with van der Waals surface area (Å²) in [6, 6.07) is 24.1. The zero-order valence-electron chi connectivity index (χ0n) is 27.1. The van der Waals surface area contributed by atoms with Crippen LogP contribution in [0.5, 0.6) is 5.75 Å². The third-order valence-corrected chi connectivity index (χ3v) is 7.59. The lowest BCUT2D eigenvalue weighted by atomic mass is 9.99. The van der Waals surface area contributed by atoms with Gasteiger partial charge in [0.1, 0.15) is 17.5 Å². The average Bonchev–Trinajstić information content (AvgIpc) is 3.59. The molecule has 5 rings (SSSR count). The molecule has 2 aromatic heterocycles. The Hall–Kier alpha value is -6.51. The number of primary amides is 1. The van der Waals surface area contributed by atoms with Crippen molar-refractivity contribution < 1.29 is 33.4 Å². The molecule has 0 aliphatic heterocycles. The molecule has 50 heavy (non-hydrogen) atoms. The summed E-state index contributed by atoms with van der Waals surface area (Å²) in [7, 11) is 0. The highest BCUT2D eigenvalue weighted by atomic mass is 16.5. The van der Waals surface area contributed by atoms with Crippen LogP contribution in [0.3, 0.4) is 0 Å². The summed E-state index contributed by atoms with van der Waals surface area (Å²) in [6.07, 6.45) is -1.84. The maximum Gasteiger partial charge on any atom is 0.336 e. The number of rotatable bonds is 14. The molecule has 4 atom stereocenters. The average molecular weight is 679 g/mol. The van der Waals surface area contributed by atoms with Gasteiger partial charge in [-0.15, -0.1) is 5.10 Å². The highest BCUT2D eigenvalue weighted by molar-refractivity contribution is 5.99. The number of pyridine rings is 1. The van der Waals surface area contributed by atoms with E-state index in [4.69, 9.17) is 15.2 Å². The van der Waals surface area contributed by atoms with E-state index in [-0.39, 0.29) is 17.9 Å². The van der Waals surface area contributed by atoms with E-state index < -0.39 is 60.3 Å². The molecule has 0 saturated heterocycles. The third-order valence-electron chi connectivity index (χ3n) is 7.59. The van der Waals surface area contributed by atoms with Gasteiger partial charge in [0.2, 0.25) is 11.8 Å². The first-order chi connectivity index (χ1) is 24.1. The molecule has 0 aliphatic carbocycles. The first-order valence-electron chi connectivity index (χ1n) is 15.6. The fourth-order valence-electron chi connectivity index (χ4n) is 5.17. The summed E-state index contributed by atoms with van der Waals surface area (Å²) in [6.45, 7) is 2.67. The number of nitrogens with zero attached hydrogens (tertiary/aromatic N) is 5. The van der Waals surface area contributed by atoms with Crippen LogP contribution < -0.4 is 21.1 Å². The number of carbonyl (C=O) groups excluding carboxylic acids is 5. The number of tetrazole rings is 1. The normalized spacial score (nSPS) is 13.3. The number of nitrogens with two attached hydrogens (primary N) is 1. The molecule has 3 amide bonds. The third kappa shape index (κ3) is 8.89. The molecule has 5 aromatic rings. The van der Waals surface area contributed by atoms with Crippen LogP contribution in [0.15, 0.2) is 97.1 Å². The van der Waals surface area contributed by atoms with Crippen LogP contribution in [0.2, 0.25) is 0 Å².